The number of rotatable bonds is 7. The number of para-hydroxylation sites is 1. The monoisotopic (exact) mass is 491 g/mol. The maximum absolute atomic E-state index is 5.52. The molecule has 6 rings (SSSR count). The zero-order chi connectivity index (χ0) is 24.4. The summed E-state index contributed by atoms with van der Waals surface area (Å²) in [6, 6.07) is 18.8. The Hall–Kier alpha value is -3.10. The molecular weight excluding hydrogens is 458 g/mol. The predicted molar refractivity (Wildman–Crippen MR) is 143 cm³/mol. The van der Waals surface area contributed by atoms with E-state index < -0.39 is 0 Å². The third kappa shape index (κ3) is 4.99. The minimum absolute atomic E-state index is 0.487. The molecule has 2 bridgehead atoms. The number of methoxy groups -OCH3 is 2. The molecule has 1 unspecified atom stereocenters. The highest BCUT2D eigenvalue weighted by Gasteiger charge is 2.41. The molecule has 3 fully saturated rings. The maximum atomic E-state index is 5.52. The Labute approximate surface area is 212 Å². The second-order valence-corrected chi connectivity index (χ2v) is 9.80. The summed E-state index contributed by atoms with van der Waals surface area (Å²) in [7, 11) is 5.37. The molecule has 184 valence electrons. The maximum Gasteiger partial charge on any atom is 0.170 e. The normalized spacial score (nSPS) is 23.1. The Balaban J connectivity index is 1.24. The van der Waals surface area contributed by atoms with E-state index in [-0.39, 0.29) is 0 Å². The van der Waals surface area contributed by atoms with E-state index >= 15 is 0 Å². The molecule has 4 heterocycles. The fourth-order valence-electron chi connectivity index (χ4n) is 5.56. The van der Waals surface area contributed by atoms with Gasteiger partial charge in [-0.2, -0.15) is 5.10 Å². The molecule has 0 amide bonds. The van der Waals surface area contributed by atoms with Crippen LogP contribution in [0.15, 0.2) is 54.6 Å². The van der Waals surface area contributed by atoms with Crippen LogP contribution in [0.2, 0.25) is 0 Å². The van der Waals surface area contributed by atoms with Gasteiger partial charge in [0, 0.05) is 49.0 Å². The van der Waals surface area contributed by atoms with Gasteiger partial charge in [0.15, 0.2) is 16.6 Å². The molecule has 3 saturated heterocycles. The molecule has 4 atom stereocenters. The van der Waals surface area contributed by atoms with Gasteiger partial charge in [0.25, 0.3) is 0 Å². The zero-order valence-electron chi connectivity index (χ0n) is 20.5. The van der Waals surface area contributed by atoms with E-state index in [1.807, 2.05) is 48.5 Å². The molecule has 2 N–H and O–H groups in total. The van der Waals surface area contributed by atoms with Crippen molar-refractivity contribution in [2.45, 2.75) is 24.8 Å². The SMILES string of the molecule is COc1ccc(-c2cc([C@@H]3CN4CC[C@H]3C[C@@H]4CNC(=S)Nc3ccccc3)n(C)n2)cc1OC. The van der Waals surface area contributed by atoms with Crippen molar-refractivity contribution < 1.29 is 9.47 Å². The number of benzene rings is 2. The Bertz CT molecular complexity index is 1180. The molecule has 35 heavy (non-hydrogen) atoms. The molecule has 3 aliphatic rings. The summed E-state index contributed by atoms with van der Waals surface area (Å²) in [5.74, 6) is 2.58. The van der Waals surface area contributed by atoms with Crippen LogP contribution in [-0.4, -0.2) is 59.7 Å². The second-order valence-electron chi connectivity index (χ2n) is 9.39. The smallest absolute Gasteiger partial charge is 0.170 e. The first kappa shape index (κ1) is 23.6. The molecule has 0 radical (unpaired) electrons. The average Bonchev–Trinajstić information content (AvgIpc) is 3.29. The summed E-state index contributed by atoms with van der Waals surface area (Å²) in [6.45, 7) is 3.07. The van der Waals surface area contributed by atoms with E-state index in [4.69, 9.17) is 26.8 Å². The lowest BCUT2D eigenvalue weighted by Gasteiger charge is -2.50. The van der Waals surface area contributed by atoms with Gasteiger partial charge in [-0.3, -0.25) is 9.58 Å². The van der Waals surface area contributed by atoms with Gasteiger partial charge >= 0.3 is 0 Å². The van der Waals surface area contributed by atoms with Crippen molar-refractivity contribution in [1.82, 2.24) is 20.0 Å². The van der Waals surface area contributed by atoms with Crippen LogP contribution in [0.1, 0.15) is 24.5 Å². The van der Waals surface area contributed by atoms with E-state index in [9.17, 15) is 0 Å². The Morgan fingerprint density at radius 1 is 1.09 bits per heavy atom. The number of nitrogens with one attached hydrogen (secondary N) is 2. The molecule has 3 aliphatic heterocycles. The fourth-order valence-corrected chi connectivity index (χ4v) is 5.76. The fraction of sp³-hybridized carbons (Fsp3) is 0.407. The van der Waals surface area contributed by atoms with Gasteiger partial charge in [-0.25, -0.2) is 0 Å². The van der Waals surface area contributed by atoms with Crippen molar-refractivity contribution in [3.63, 3.8) is 0 Å². The van der Waals surface area contributed by atoms with Gasteiger partial charge in [-0.05, 0) is 73.9 Å². The number of hydrogen-bond acceptors (Lipinski definition) is 5. The third-order valence-corrected chi connectivity index (χ3v) is 7.63. The third-order valence-electron chi connectivity index (χ3n) is 7.38. The van der Waals surface area contributed by atoms with Gasteiger partial charge < -0.3 is 20.1 Å². The van der Waals surface area contributed by atoms with Crippen LogP contribution in [0.4, 0.5) is 5.69 Å². The first-order valence-electron chi connectivity index (χ1n) is 12.2. The number of aryl methyl sites for hydroxylation is 1. The molecule has 3 aromatic rings. The van der Waals surface area contributed by atoms with Crippen molar-refractivity contribution in [3.8, 4) is 22.8 Å². The van der Waals surface area contributed by atoms with E-state index in [1.165, 1.54) is 18.5 Å². The number of aromatic nitrogens is 2. The summed E-state index contributed by atoms with van der Waals surface area (Å²) in [5, 5.41) is 12.2. The van der Waals surface area contributed by atoms with E-state index in [1.54, 1.807) is 14.2 Å². The highest BCUT2D eigenvalue weighted by molar-refractivity contribution is 7.80. The highest BCUT2D eigenvalue weighted by Crippen LogP contribution is 2.42. The molecule has 2 aromatic carbocycles. The lowest BCUT2D eigenvalue weighted by molar-refractivity contribution is 0.0303. The van der Waals surface area contributed by atoms with Gasteiger partial charge in [-0.1, -0.05) is 18.2 Å². The Morgan fingerprint density at radius 3 is 2.60 bits per heavy atom. The largest absolute Gasteiger partial charge is 0.493 e. The highest BCUT2D eigenvalue weighted by atomic mass is 32.1. The molecular formula is C27H33N5O2S. The summed E-state index contributed by atoms with van der Waals surface area (Å²) in [4.78, 5) is 2.62. The van der Waals surface area contributed by atoms with Gasteiger partial charge in [0.1, 0.15) is 0 Å². The quantitative estimate of drug-likeness (QED) is 0.479. The number of nitrogens with zero attached hydrogens (tertiary/aromatic N) is 3. The minimum atomic E-state index is 0.487. The van der Waals surface area contributed by atoms with Gasteiger partial charge in [0.05, 0.1) is 19.9 Å². The molecule has 0 saturated carbocycles. The zero-order valence-corrected chi connectivity index (χ0v) is 21.3. The van der Waals surface area contributed by atoms with Crippen LogP contribution in [0.25, 0.3) is 11.3 Å². The Kier molecular flexibility index (Phi) is 6.92. The summed E-state index contributed by atoms with van der Waals surface area (Å²) >= 11 is 5.52. The van der Waals surface area contributed by atoms with Crippen molar-refractivity contribution >= 4 is 23.0 Å². The minimum Gasteiger partial charge on any atom is -0.493 e. The predicted octanol–water partition coefficient (Wildman–Crippen LogP) is 4.27. The van der Waals surface area contributed by atoms with Gasteiger partial charge in [0.2, 0.25) is 0 Å². The molecule has 0 aliphatic carbocycles. The van der Waals surface area contributed by atoms with Crippen LogP contribution >= 0.6 is 12.2 Å². The summed E-state index contributed by atoms with van der Waals surface area (Å²) in [6.07, 6.45) is 2.40. The molecule has 7 nitrogen and oxygen atoms in total. The lowest BCUT2D eigenvalue weighted by Crippen LogP contribution is -2.56. The van der Waals surface area contributed by atoms with Crippen molar-refractivity contribution in [1.29, 1.82) is 0 Å². The summed E-state index contributed by atoms with van der Waals surface area (Å²) in [5.41, 5.74) is 4.32. The van der Waals surface area contributed by atoms with Gasteiger partial charge in [-0.15, -0.1) is 0 Å². The van der Waals surface area contributed by atoms with E-state index in [0.29, 0.717) is 23.0 Å². The van der Waals surface area contributed by atoms with Crippen molar-refractivity contribution in [2.24, 2.45) is 13.0 Å². The molecule has 0 spiro atoms. The summed E-state index contributed by atoms with van der Waals surface area (Å²) < 4.78 is 12.9. The number of ether oxygens (including phenoxy) is 2. The van der Waals surface area contributed by atoms with E-state index in [0.717, 1.165) is 48.1 Å². The Morgan fingerprint density at radius 2 is 1.89 bits per heavy atom. The number of thiocarbonyl (C=S) groups is 1. The van der Waals surface area contributed by atoms with Crippen molar-refractivity contribution in [2.75, 3.05) is 39.2 Å². The number of anilines is 1. The first-order valence-corrected chi connectivity index (χ1v) is 12.6. The van der Waals surface area contributed by atoms with Crippen LogP contribution in [0.3, 0.4) is 0 Å². The number of hydrogen-bond donors (Lipinski definition) is 2. The van der Waals surface area contributed by atoms with E-state index in [2.05, 4.69) is 33.3 Å². The topological polar surface area (TPSA) is 63.6 Å². The molecule has 1 aromatic heterocycles. The van der Waals surface area contributed by atoms with Crippen LogP contribution in [0, 0.1) is 5.92 Å². The molecule has 8 heteroatoms. The standard InChI is InChI=1S/C27H33N5O2S/c1-31-24(15-23(30-31)19-9-10-25(33-2)26(14-19)34-3)22-17-32-12-11-18(22)13-21(32)16-28-27(35)29-20-7-5-4-6-8-20/h4-10,14-15,18,21-22H,11-13,16-17H2,1-3H3,(H2,28,29,35)/t18-,21+,22+/m0/s1. The van der Waals surface area contributed by atoms with Crippen LogP contribution < -0.4 is 20.1 Å². The van der Waals surface area contributed by atoms with Crippen LogP contribution in [0.5, 0.6) is 11.5 Å². The average molecular weight is 492 g/mol. The van der Waals surface area contributed by atoms with Crippen molar-refractivity contribution in [3.05, 3.63) is 60.3 Å². The first-order chi connectivity index (χ1) is 17.1. The second kappa shape index (κ2) is 10.3. The number of piperidine rings is 3. The number of fused-ring (bicyclic) bond motifs is 3. The lowest BCUT2D eigenvalue weighted by atomic mass is 9.74. The van der Waals surface area contributed by atoms with Crippen LogP contribution in [-0.2, 0) is 7.05 Å².